The van der Waals surface area contributed by atoms with Crippen molar-refractivity contribution in [3.8, 4) is 0 Å². The number of carbonyl (C=O) groups excluding carboxylic acids is 3. The fourth-order valence-electron chi connectivity index (χ4n) is 5.01. The Morgan fingerprint density at radius 2 is 1.07 bits per heavy atom. The molecule has 0 N–H and O–H groups in total. The molecule has 0 aliphatic carbocycles. The van der Waals surface area contributed by atoms with Gasteiger partial charge in [-0.1, -0.05) is 62.3 Å². The van der Waals surface area contributed by atoms with E-state index < -0.39 is 32.9 Å². The van der Waals surface area contributed by atoms with Gasteiger partial charge in [-0.2, -0.15) is 0 Å². The molecule has 4 nitrogen and oxygen atoms in total. The van der Waals surface area contributed by atoms with Crippen molar-refractivity contribution in [1.29, 1.82) is 0 Å². The van der Waals surface area contributed by atoms with E-state index in [0.717, 1.165) is 6.29 Å². The van der Waals surface area contributed by atoms with E-state index in [0.29, 0.717) is 12.8 Å². The third kappa shape index (κ3) is 7.42. The number of rotatable bonds is 10. The van der Waals surface area contributed by atoms with Gasteiger partial charge in [0.15, 0.2) is 5.78 Å². The van der Waals surface area contributed by atoms with Crippen LogP contribution in [0.1, 0.15) is 103 Å². The first kappa shape index (κ1) is 27.0. The monoisotopic (exact) mass is 396 g/mol. The van der Waals surface area contributed by atoms with Gasteiger partial charge in [-0.3, -0.25) is 9.59 Å². The molecule has 4 heteroatoms. The van der Waals surface area contributed by atoms with Gasteiger partial charge in [0.1, 0.15) is 17.7 Å². The van der Waals surface area contributed by atoms with Crippen LogP contribution in [-0.2, 0) is 19.1 Å². The highest BCUT2D eigenvalue weighted by Gasteiger charge is 2.47. The molecule has 0 atom stereocenters. The third-order valence-corrected chi connectivity index (χ3v) is 5.07. The van der Waals surface area contributed by atoms with Crippen LogP contribution in [0.4, 0.5) is 0 Å². The minimum atomic E-state index is -1.03. The van der Waals surface area contributed by atoms with Crippen LogP contribution in [0.25, 0.3) is 0 Å². The number of carbonyl (C=O) groups is 3. The predicted molar refractivity (Wildman–Crippen MR) is 115 cm³/mol. The lowest BCUT2D eigenvalue weighted by atomic mass is 9.69. The average Bonchev–Trinajstić information content (AvgIpc) is 2.41. The molecule has 0 saturated carbocycles. The SMILES string of the molecule is CC(C)(C=O)CC(C)(C)C(=O)C(C)(C)OC(C)(C)CC(C)(C)C(=O)C(C)(C)C. The normalized spacial score (nSPS) is 14.8. The first-order valence-corrected chi connectivity index (χ1v) is 10.3. The lowest BCUT2D eigenvalue weighted by molar-refractivity contribution is -0.176. The van der Waals surface area contributed by atoms with Crippen molar-refractivity contribution in [2.45, 2.75) is 114 Å². The Morgan fingerprint density at radius 3 is 1.43 bits per heavy atom. The van der Waals surface area contributed by atoms with Gasteiger partial charge < -0.3 is 9.53 Å². The first-order valence-electron chi connectivity index (χ1n) is 10.3. The van der Waals surface area contributed by atoms with Crippen LogP contribution in [0.5, 0.6) is 0 Å². The fourth-order valence-corrected chi connectivity index (χ4v) is 5.01. The minimum Gasteiger partial charge on any atom is -0.362 e. The zero-order valence-corrected chi connectivity index (χ0v) is 20.6. The van der Waals surface area contributed by atoms with Crippen LogP contribution in [0, 0.1) is 21.7 Å². The zero-order valence-electron chi connectivity index (χ0n) is 20.6. The number of ether oxygens (including phenoxy) is 1. The third-order valence-electron chi connectivity index (χ3n) is 5.07. The second-order valence-corrected chi connectivity index (χ2v) is 12.5. The molecule has 0 aliphatic rings. The zero-order chi connectivity index (χ0) is 23.0. The highest BCUT2D eigenvalue weighted by Crippen LogP contribution is 2.41. The van der Waals surface area contributed by atoms with Gasteiger partial charge in [0.25, 0.3) is 0 Å². The van der Waals surface area contributed by atoms with Crippen LogP contribution in [0.2, 0.25) is 0 Å². The largest absolute Gasteiger partial charge is 0.362 e. The van der Waals surface area contributed by atoms with Crippen LogP contribution >= 0.6 is 0 Å². The number of hydrogen-bond acceptors (Lipinski definition) is 4. The highest BCUT2D eigenvalue weighted by atomic mass is 16.5. The van der Waals surface area contributed by atoms with E-state index in [1.165, 1.54) is 0 Å². The molecule has 0 bridgehead atoms. The van der Waals surface area contributed by atoms with E-state index in [4.69, 9.17) is 4.74 Å². The predicted octanol–water partition coefficient (Wildman–Crippen LogP) is 5.80. The van der Waals surface area contributed by atoms with E-state index in [1.807, 2.05) is 76.2 Å². The Morgan fingerprint density at radius 1 is 0.679 bits per heavy atom. The van der Waals surface area contributed by atoms with E-state index in [-0.39, 0.29) is 11.6 Å². The van der Waals surface area contributed by atoms with Gasteiger partial charge in [0.05, 0.1) is 5.60 Å². The molecular formula is C24H44O4. The Kier molecular flexibility index (Phi) is 7.71. The first-order chi connectivity index (χ1) is 12.0. The summed E-state index contributed by atoms with van der Waals surface area (Å²) in [6.45, 7) is 24.5. The standard InChI is InChI=1S/C24H44O4/c1-19(2,3)17(26)22(8,9)15-23(10,11)28-24(12,13)18(27)21(6,7)14-20(4,5)16-25/h16H,14-15H2,1-13H3. The second-order valence-electron chi connectivity index (χ2n) is 12.5. The Labute approximate surface area is 173 Å². The van der Waals surface area contributed by atoms with Crippen LogP contribution in [-0.4, -0.2) is 29.1 Å². The summed E-state index contributed by atoms with van der Waals surface area (Å²) in [5.74, 6) is 0.136. The molecule has 28 heavy (non-hydrogen) atoms. The summed E-state index contributed by atoms with van der Waals surface area (Å²) in [5.41, 5.74) is -4.00. The van der Waals surface area contributed by atoms with E-state index in [9.17, 15) is 14.4 Å². The molecule has 0 spiro atoms. The van der Waals surface area contributed by atoms with Gasteiger partial charge >= 0.3 is 0 Å². The van der Waals surface area contributed by atoms with Gasteiger partial charge in [-0.05, 0) is 40.5 Å². The number of Topliss-reactive ketones (excluding diaryl/α,β-unsaturated/α-hetero) is 2. The van der Waals surface area contributed by atoms with E-state index >= 15 is 0 Å². The lowest BCUT2D eigenvalue weighted by Crippen LogP contribution is -2.51. The van der Waals surface area contributed by atoms with Crippen molar-refractivity contribution in [3.63, 3.8) is 0 Å². The summed E-state index contributed by atoms with van der Waals surface area (Å²) < 4.78 is 6.33. The maximum absolute atomic E-state index is 13.3. The molecule has 0 aromatic heterocycles. The van der Waals surface area contributed by atoms with Crippen molar-refractivity contribution in [1.82, 2.24) is 0 Å². The summed E-state index contributed by atoms with van der Waals surface area (Å²) in [4.78, 5) is 37.5. The summed E-state index contributed by atoms with van der Waals surface area (Å²) in [7, 11) is 0. The van der Waals surface area contributed by atoms with Gasteiger partial charge in [0, 0.05) is 21.7 Å². The molecule has 0 heterocycles. The Bertz CT molecular complexity index is 599. The molecular weight excluding hydrogens is 352 g/mol. The quantitative estimate of drug-likeness (QED) is 0.438. The maximum Gasteiger partial charge on any atom is 0.169 e. The number of ketones is 2. The van der Waals surface area contributed by atoms with Gasteiger partial charge in [-0.15, -0.1) is 0 Å². The lowest BCUT2D eigenvalue weighted by Gasteiger charge is -2.43. The molecule has 0 rings (SSSR count). The molecule has 0 unspecified atom stereocenters. The van der Waals surface area contributed by atoms with Crippen LogP contribution in [0.15, 0.2) is 0 Å². The molecule has 0 aromatic rings. The molecule has 164 valence electrons. The average molecular weight is 397 g/mol. The van der Waals surface area contributed by atoms with Crippen molar-refractivity contribution >= 4 is 17.9 Å². The Balaban J connectivity index is 5.53. The van der Waals surface area contributed by atoms with Crippen LogP contribution in [0.3, 0.4) is 0 Å². The molecule has 0 saturated heterocycles. The molecule has 0 radical (unpaired) electrons. The van der Waals surface area contributed by atoms with Crippen molar-refractivity contribution < 1.29 is 19.1 Å². The van der Waals surface area contributed by atoms with E-state index in [2.05, 4.69) is 0 Å². The maximum atomic E-state index is 13.3. The van der Waals surface area contributed by atoms with E-state index in [1.54, 1.807) is 13.8 Å². The summed E-state index contributed by atoms with van der Waals surface area (Å²) in [5, 5.41) is 0. The summed E-state index contributed by atoms with van der Waals surface area (Å²) in [6, 6.07) is 0. The van der Waals surface area contributed by atoms with Crippen LogP contribution < -0.4 is 0 Å². The van der Waals surface area contributed by atoms with Gasteiger partial charge in [-0.25, -0.2) is 0 Å². The molecule has 0 amide bonds. The highest BCUT2D eigenvalue weighted by molar-refractivity contribution is 5.92. The number of hydrogen-bond donors (Lipinski definition) is 0. The summed E-state index contributed by atoms with van der Waals surface area (Å²) in [6.07, 6.45) is 1.86. The van der Waals surface area contributed by atoms with Gasteiger partial charge in [0.2, 0.25) is 0 Å². The molecule has 0 fully saturated rings. The topological polar surface area (TPSA) is 60.4 Å². The Hall–Kier alpha value is -1.03. The minimum absolute atomic E-state index is 0.0389. The van der Waals surface area contributed by atoms with Crippen molar-refractivity contribution in [3.05, 3.63) is 0 Å². The number of aldehydes is 1. The smallest absolute Gasteiger partial charge is 0.169 e. The fraction of sp³-hybridized carbons (Fsp3) is 0.875. The second kappa shape index (κ2) is 8.01. The molecule has 0 aliphatic heterocycles. The summed E-state index contributed by atoms with van der Waals surface area (Å²) >= 11 is 0. The molecule has 0 aromatic carbocycles. The van der Waals surface area contributed by atoms with Crippen molar-refractivity contribution in [2.24, 2.45) is 21.7 Å². The van der Waals surface area contributed by atoms with Crippen molar-refractivity contribution in [2.75, 3.05) is 0 Å².